The van der Waals surface area contributed by atoms with Crippen LogP contribution in [0.5, 0.6) is 0 Å². The third-order valence-corrected chi connectivity index (χ3v) is 8.12. The molecule has 6 rings (SSSR count). The van der Waals surface area contributed by atoms with Crippen molar-refractivity contribution in [2.24, 2.45) is 5.92 Å². The second-order valence-corrected chi connectivity index (χ2v) is 10.9. The van der Waals surface area contributed by atoms with Crippen LogP contribution in [0.4, 0.5) is 16.2 Å². The molecule has 4 aromatic rings. The summed E-state index contributed by atoms with van der Waals surface area (Å²) >= 11 is 0. The van der Waals surface area contributed by atoms with Crippen LogP contribution in [-0.4, -0.2) is 34.2 Å². The number of hydrogen-bond acceptors (Lipinski definition) is 5. The van der Waals surface area contributed by atoms with E-state index in [0.29, 0.717) is 41.9 Å². The molecule has 0 unspecified atom stereocenters. The molecule has 0 bridgehead atoms. The summed E-state index contributed by atoms with van der Waals surface area (Å²) < 4.78 is 7.79. The highest BCUT2D eigenvalue weighted by Gasteiger charge is 2.31. The van der Waals surface area contributed by atoms with E-state index in [1.54, 1.807) is 6.20 Å². The molecule has 2 amide bonds. The molecule has 2 aromatic carbocycles. The first-order chi connectivity index (χ1) is 19.5. The number of hydrogen-bond donors (Lipinski definition) is 3. The van der Waals surface area contributed by atoms with Crippen molar-refractivity contribution in [3.05, 3.63) is 78.1 Å². The van der Waals surface area contributed by atoms with Crippen LogP contribution in [0.1, 0.15) is 61.1 Å². The Kier molecular flexibility index (Phi) is 7.15. The van der Waals surface area contributed by atoms with Crippen LogP contribution >= 0.6 is 0 Å². The largest absolute Gasteiger partial charge is 0.446 e. The maximum absolute atomic E-state index is 13.0. The maximum atomic E-state index is 13.0. The molecular weight excluding hydrogens is 502 g/mol. The average molecular weight is 538 g/mol. The van der Waals surface area contributed by atoms with E-state index in [4.69, 9.17) is 10.5 Å². The molecule has 1 atom stereocenters. The molecule has 2 aromatic heterocycles. The van der Waals surface area contributed by atoms with E-state index in [1.807, 2.05) is 67.6 Å². The van der Waals surface area contributed by atoms with Crippen molar-refractivity contribution < 1.29 is 14.3 Å². The van der Waals surface area contributed by atoms with E-state index in [-0.39, 0.29) is 12.0 Å². The Bertz CT molecular complexity index is 1520. The van der Waals surface area contributed by atoms with E-state index in [2.05, 4.69) is 20.2 Å². The number of anilines is 2. The zero-order chi connectivity index (χ0) is 27.6. The molecule has 4 N–H and O–H groups in total. The molecule has 2 aliphatic rings. The van der Waals surface area contributed by atoms with Gasteiger partial charge < -0.3 is 20.4 Å². The van der Waals surface area contributed by atoms with Gasteiger partial charge in [-0.25, -0.2) is 4.79 Å². The topological polar surface area (TPSA) is 111 Å². The second kappa shape index (κ2) is 11.0. The minimum absolute atomic E-state index is 0.0647. The van der Waals surface area contributed by atoms with Crippen LogP contribution in [0.15, 0.2) is 66.9 Å². The summed E-state index contributed by atoms with van der Waals surface area (Å²) in [5.41, 5.74) is 12.6. The van der Waals surface area contributed by atoms with Crippen molar-refractivity contribution in [3.8, 4) is 11.3 Å². The zero-order valence-corrected chi connectivity index (χ0v) is 22.7. The Morgan fingerprint density at radius 3 is 2.55 bits per heavy atom. The summed E-state index contributed by atoms with van der Waals surface area (Å²) in [5.74, 6) is 0.375. The van der Waals surface area contributed by atoms with E-state index in [1.165, 1.54) is 6.42 Å². The van der Waals surface area contributed by atoms with Gasteiger partial charge in [0, 0.05) is 53.1 Å². The van der Waals surface area contributed by atoms with Crippen molar-refractivity contribution in [1.82, 2.24) is 14.9 Å². The molecule has 2 saturated carbocycles. The molecule has 40 heavy (non-hydrogen) atoms. The maximum Gasteiger partial charge on any atom is 0.411 e. The number of nitrogen functional groups attached to an aromatic ring is 1. The van der Waals surface area contributed by atoms with Crippen LogP contribution in [0.25, 0.3) is 22.2 Å². The highest BCUT2D eigenvalue weighted by Crippen LogP contribution is 2.44. The number of pyridine rings is 1. The van der Waals surface area contributed by atoms with E-state index in [9.17, 15) is 9.59 Å². The first-order valence-electron chi connectivity index (χ1n) is 14.2. The van der Waals surface area contributed by atoms with Crippen molar-refractivity contribution in [2.45, 2.75) is 57.6 Å². The average Bonchev–Trinajstić information content (AvgIpc) is 3.75. The Balaban J connectivity index is 1.23. The van der Waals surface area contributed by atoms with Crippen molar-refractivity contribution in [2.75, 3.05) is 17.6 Å². The molecule has 206 valence electrons. The number of benzene rings is 2. The molecule has 8 nitrogen and oxygen atoms in total. The molecule has 2 fully saturated rings. The Hall–Kier alpha value is -4.33. The number of nitrogens with one attached hydrogen (secondary N) is 2. The first kappa shape index (κ1) is 25.9. The predicted molar refractivity (Wildman–Crippen MR) is 157 cm³/mol. The summed E-state index contributed by atoms with van der Waals surface area (Å²) in [7, 11) is 0. The number of ether oxygens (including phenoxy) is 1. The molecule has 0 aliphatic heterocycles. The lowest BCUT2D eigenvalue weighted by Crippen LogP contribution is -2.26. The zero-order valence-electron chi connectivity index (χ0n) is 22.7. The monoisotopic (exact) mass is 537 g/mol. The van der Waals surface area contributed by atoms with Gasteiger partial charge in [-0.15, -0.1) is 0 Å². The van der Waals surface area contributed by atoms with E-state index < -0.39 is 6.09 Å². The smallest absolute Gasteiger partial charge is 0.411 e. The van der Waals surface area contributed by atoms with Gasteiger partial charge in [-0.3, -0.25) is 15.1 Å². The number of nitrogens with zero attached hydrogens (tertiary/aromatic N) is 2. The lowest BCUT2D eigenvalue weighted by molar-refractivity contribution is 0.0953. The third-order valence-electron chi connectivity index (χ3n) is 8.12. The van der Waals surface area contributed by atoms with Gasteiger partial charge in [-0.1, -0.05) is 18.2 Å². The standard InChI is InChI=1S/C32H35N5O3/c1-20(21-8-9-21)40-32(39)36-25-13-10-22(11-14-25)30-29(33)27-15-12-23(19-28(27)37(30)26-6-4-7-26)31(38)35-18-16-24-5-2-3-17-34-24/h2-3,5,10-15,17,19-21,26H,4,6-9,16,18,33H2,1H3,(H,35,38)(H,36,39)/t20-/m1/s1. The summed E-state index contributed by atoms with van der Waals surface area (Å²) in [6.45, 7) is 2.46. The van der Waals surface area contributed by atoms with Gasteiger partial charge in [-0.05, 0) is 87.4 Å². The quantitative estimate of drug-likeness (QED) is 0.231. The van der Waals surface area contributed by atoms with Gasteiger partial charge in [-0.2, -0.15) is 0 Å². The lowest BCUT2D eigenvalue weighted by atomic mass is 9.92. The van der Waals surface area contributed by atoms with Crippen LogP contribution in [0.2, 0.25) is 0 Å². The molecule has 0 radical (unpaired) electrons. The molecule has 0 spiro atoms. The highest BCUT2D eigenvalue weighted by atomic mass is 16.6. The molecular formula is C32H35N5O3. The van der Waals surface area contributed by atoms with Gasteiger partial charge in [0.2, 0.25) is 0 Å². The number of carbonyl (C=O) groups excluding carboxylic acids is 2. The van der Waals surface area contributed by atoms with Gasteiger partial charge in [0.05, 0.1) is 16.9 Å². The second-order valence-electron chi connectivity index (χ2n) is 10.9. The molecule has 2 heterocycles. The molecule has 2 aliphatic carbocycles. The first-order valence-corrected chi connectivity index (χ1v) is 14.2. The van der Waals surface area contributed by atoms with Gasteiger partial charge in [0.15, 0.2) is 0 Å². The summed E-state index contributed by atoms with van der Waals surface area (Å²) in [4.78, 5) is 29.6. The van der Waals surface area contributed by atoms with Crippen LogP contribution in [0.3, 0.4) is 0 Å². The van der Waals surface area contributed by atoms with Crippen LogP contribution in [0, 0.1) is 5.92 Å². The predicted octanol–water partition coefficient (Wildman–Crippen LogP) is 6.33. The number of nitrogens with two attached hydrogens (primary N) is 1. The lowest BCUT2D eigenvalue weighted by Gasteiger charge is -2.30. The fourth-order valence-corrected chi connectivity index (χ4v) is 5.44. The number of aromatic nitrogens is 2. The van der Waals surface area contributed by atoms with Gasteiger partial charge in [0.25, 0.3) is 5.91 Å². The number of amides is 2. The fourth-order valence-electron chi connectivity index (χ4n) is 5.44. The number of fused-ring (bicyclic) bond motifs is 1. The van der Waals surface area contributed by atoms with Gasteiger partial charge >= 0.3 is 6.09 Å². The van der Waals surface area contributed by atoms with Crippen molar-refractivity contribution in [1.29, 1.82) is 0 Å². The Morgan fingerprint density at radius 1 is 1.07 bits per heavy atom. The minimum atomic E-state index is -0.430. The van der Waals surface area contributed by atoms with Gasteiger partial charge in [0.1, 0.15) is 6.10 Å². The molecule has 8 heteroatoms. The fraction of sp³-hybridized carbons (Fsp3) is 0.344. The summed E-state index contributed by atoms with van der Waals surface area (Å²) in [6, 6.07) is 19.6. The third kappa shape index (κ3) is 5.39. The SMILES string of the molecule is C[C@@H](OC(=O)Nc1ccc(-c2c(N)c3ccc(C(=O)NCCc4ccccn4)cc3n2C2CCC2)cc1)C1CC1. The van der Waals surface area contributed by atoms with Crippen LogP contribution < -0.4 is 16.4 Å². The van der Waals surface area contributed by atoms with Crippen LogP contribution in [-0.2, 0) is 11.2 Å². The van der Waals surface area contributed by atoms with E-state index >= 15 is 0 Å². The highest BCUT2D eigenvalue weighted by molar-refractivity contribution is 6.05. The number of carbonyl (C=O) groups is 2. The normalized spacial score (nSPS) is 15.8. The summed E-state index contributed by atoms with van der Waals surface area (Å²) in [6.07, 6.45) is 7.49. The molecule has 0 saturated heterocycles. The number of rotatable bonds is 9. The Morgan fingerprint density at radius 2 is 1.88 bits per heavy atom. The van der Waals surface area contributed by atoms with Crippen molar-refractivity contribution in [3.63, 3.8) is 0 Å². The summed E-state index contributed by atoms with van der Waals surface area (Å²) in [5, 5.41) is 6.79. The Labute approximate surface area is 233 Å². The minimum Gasteiger partial charge on any atom is -0.446 e. The van der Waals surface area contributed by atoms with E-state index in [0.717, 1.165) is 53.5 Å². The van der Waals surface area contributed by atoms with Crippen molar-refractivity contribution >= 4 is 34.3 Å².